The summed E-state index contributed by atoms with van der Waals surface area (Å²) in [6, 6.07) is 13.4. The lowest BCUT2D eigenvalue weighted by molar-refractivity contribution is -0.116. The molecule has 2 aliphatic heterocycles. The maximum atomic E-state index is 12.6. The molecule has 8 heteroatoms. The molecule has 7 rings (SSSR count). The maximum Gasteiger partial charge on any atom is 0.319 e. The van der Waals surface area contributed by atoms with Crippen LogP contribution < -0.4 is 25.4 Å². The van der Waals surface area contributed by atoms with E-state index in [2.05, 4.69) is 33.1 Å². The maximum absolute atomic E-state index is 12.6. The van der Waals surface area contributed by atoms with Gasteiger partial charge in [0, 0.05) is 29.4 Å². The van der Waals surface area contributed by atoms with Gasteiger partial charge in [-0.25, -0.2) is 9.78 Å². The average Bonchev–Trinajstić information content (AvgIpc) is 3.18. The summed E-state index contributed by atoms with van der Waals surface area (Å²) in [4.78, 5) is 28.6. The molecule has 3 N–H and O–H groups in total. The normalized spacial score (nSPS) is 22.6. The van der Waals surface area contributed by atoms with Gasteiger partial charge in [-0.3, -0.25) is 4.79 Å². The van der Waals surface area contributed by atoms with Crippen LogP contribution in [0.15, 0.2) is 48.7 Å². The number of hydrogen-bond donors (Lipinski definition) is 3. The van der Waals surface area contributed by atoms with Gasteiger partial charge >= 0.3 is 6.03 Å². The Balaban J connectivity index is 1.04. The number of fused-ring (bicyclic) bond motifs is 5. The summed E-state index contributed by atoms with van der Waals surface area (Å²) in [6.07, 6.45) is 5.95. The van der Waals surface area contributed by atoms with E-state index >= 15 is 0 Å². The molecule has 3 atom stereocenters. The number of pyridine rings is 1. The van der Waals surface area contributed by atoms with Crippen LogP contribution in [0, 0.1) is 0 Å². The Kier molecular flexibility index (Phi) is 4.49. The van der Waals surface area contributed by atoms with Crippen molar-refractivity contribution in [2.24, 2.45) is 0 Å². The van der Waals surface area contributed by atoms with Crippen molar-refractivity contribution in [1.82, 2.24) is 10.3 Å². The molecule has 1 aromatic heterocycles. The zero-order chi connectivity index (χ0) is 23.5. The molecule has 8 nitrogen and oxygen atoms in total. The summed E-state index contributed by atoms with van der Waals surface area (Å²) in [6.45, 7) is 0. The molecule has 1 fully saturated rings. The Bertz CT molecular complexity index is 1390. The SMILES string of the molecule is O=C1CCc2c(Oc3ccc4c(c3)C3C(NC(=O)Nc5ccc6c(c5)CCC6)C3O4)ccnc2N1. The highest BCUT2D eigenvalue weighted by Crippen LogP contribution is 2.54. The van der Waals surface area contributed by atoms with Crippen LogP contribution in [0.25, 0.3) is 0 Å². The zero-order valence-electron chi connectivity index (χ0n) is 19.0. The molecule has 1 saturated carbocycles. The van der Waals surface area contributed by atoms with Crippen LogP contribution in [0.3, 0.4) is 0 Å². The molecule has 3 unspecified atom stereocenters. The van der Waals surface area contributed by atoms with Gasteiger partial charge in [0.2, 0.25) is 5.91 Å². The fourth-order valence-electron chi connectivity index (χ4n) is 5.52. The van der Waals surface area contributed by atoms with Gasteiger partial charge < -0.3 is 25.4 Å². The van der Waals surface area contributed by atoms with Gasteiger partial charge in [-0.1, -0.05) is 6.07 Å². The highest BCUT2D eigenvalue weighted by atomic mass is 16.5. The number of aromatic nitrogens is 1. The molecule has 2 aliphatic carbocycles. The smallest absolute Gasteiger partial charge is 0.319 e. The van der Waals surface area contributed by atoms with Crippen molar-refractivity contribution in [2.45, 2.75) is 50.2 Å². The number of nitrogens with one attached hydrogen (secondary N) is 3. The largest absolute Gasteiger partial charge is 0.487 e. The summed E-state index contributed by atoms with van der Waals surface area (Å²) in [5, 5.41) is 8.83. The van der Waals surface area contributed by atoms with Gasteiger partial charge in [0.15, 0.2) is 0 Å². The van der Waals surface area contributed by atoms with Crippen molar-refractivity contribution in [3.05, 3.63) is 70.9 Å². The van der Waals surface area contributed by atoms with Crippen molar-refractivity contribution < 1.29 is 19.1 Å². The predicted octanol–water partition coefficient (Wildman–Crippen LogP) is 4.30. The Labute approximate surface area is 202 Å². The standard InChI is InChI=1S/C27H24N4O4/c32-22-9-7-18-21(10-11-28-26(18)30-22)34-17-6-8-20-19(13-17)23-24(25(23)35-20)31-27(33)29-16-5-4-14-2-1-3-15(14)12-16/h4-6,8,10-13,23-25H,1-3,7,9H2,(H,28,30,32)(H2,29,31,33). The molecule has 0 saturated heterocycles. The van der Waals surface area contributed by atoms with Gasteiger partial charge in [-0.05, 0) is 73.2 Å². The third-order valence-electron chi connectivity index (χ3n) is 7.31. The lowest BCUT2D eigenvalue weighted by atomic mass is 10.1. The highest BCUT2D eigenvalue weighted by molar-refractivity contribution is 5.93. The number of anilines is 2. The number of rotatable bonds is 4. The summed E-state index contributed by atoms with van der Waals surface area (Å²) in [5.41, 5.74) is 5.46. The van der Waals surface area contributed by atoms with E-state index in [4.69, 9.17) is 9.47 Å². The van der Waals surface area contributed by atoms with E-state index in [1.165, 1.54) is 17.5 Å². The second-order valence-electron chi connectivity index (χ2n) is 9.56. The number of benzene rings is 2. The minimum atomic E-state index is -0.217. The minimum Gasteiger partial charge on any atom is -0.487 e. The van der Waals surface area contributed by atoms with E-state index in [1.807, 2.05) is 30.3 Å². The van der Waals surface area contributed by atoms with Crippen molar-refractivity contribution in [3.63, 3.8) is 0 Å². The number of amides is 3. The minimum absolute atomic E-state index is 0.0321. The molecular formula is C27H24N4O4. The first-order valence-electron chi connectivity index (χ1n) is 12.1. The van der Waals surface area contributed by atoms with Crippen LogP contribution in [0.4, 0.5) is 16.3 Å². The molecular weight excluding hydrogens is 444 g/mol. The molecule has 3 amide bonds. The third kappa shape index (κ3) is 3.56. The quantitative estimate of drug-likeness (QED) is 0.530. The van der Waals surface area contributed by atoms with Crippen LogP contribution in [-0.2, 0) is 24.1 Å². The summed E-state index contributed by atoms with van der Waals surface area (Å²) < 4.78 is 12.2. The second-order valence-corrected chi connectivity index (χ2v) is 9.56. The van der Waals surface area contributed by atoms with Crippen LogP contribution >= 0.6 is 0 Å². The topological polar surface area (TPSA) is 102 Å². The van der Waals surface area contributed by atoms with Gasteiger partial charge in [-0.2, -0.15) is 0 Å². The van der Waals surface area contributed by atoms with Crippen LogP contribution in [0.2, 0.25) is 0 Å². The Morgan fingerprint density at radius 3 is 2.91 bits per heavy atom. The molecule has 0 bridgehead atoms. The van der Waals surface area contributed by atoms with E-state index in [9.17, 15) is 9.59 Å². The first kappa shape index (κ1) is 20.3. The molecule has 176 valence electrons. The van der Waals surface area contributed by atoms with Crippen LogP contribution in [0.5, 0.6) is 17.2 Å². The number of ether oxygens (including phenoxy) is 2. The molecule has 2 aromatic carbocycles. The molecule has 3 heterocycles. The molecule has 3 aromatic rings. The molecule has 0 radical (unpaired) electrons. The Morgan fingerprint density at radius 2 is 1.97 bits per heavy atom. The molecule has 4 aliphatic rings. The molecule has 35 heavy (non-hydrogen) atoms. The zero-order valence-corrected chi connectivity index (χ0v) is 19.0. The number of aryl methyl sites for hydroxylation is 2. The van der Waals surface area contributed by atoms with Crippen molar-refractivity contribution in [3.8, 4) is 17.2 Å². The number of nitrogens with zero attached hydrogens (tertiary/aromatic N) is 1. The van der Waals surface area contributed by atoms with Crippen LogP contribution in [0.1, 0.15) is 41.0 Å². The Hall–Kier alpha value is -4.07. The van der Waals surface area contributed by atoms with Gasteiger partial charge in [0.25, 0.3) is 0 Å². The van der Waals surface area contributed by atoms with Gasteiger partial charge in [-0.15, -0.1) is 0 Å². The van der Waals surface area contributed by atoms with Crippen molar-refractivity contribution in [1.29, 1.82) is 0 Å². The van der Waals surface area contributed by atoms with Crippen molar-refractivity contribution >= 4 is 23.4 Å². The van der Waals surface area contributed by atoms with E-state index in [0.717, 1.165) is 35.4 Å². The first-order chi connectivity index (χ1) is 17.1. The third-order valence-corrected chi connectivity index (χ3v) is 7.31. The monoisotopic (exact) mass is 468 g/mol. The summed E-state index contributed by atoms with van der Waals surface area (Å²) in [5.74, 6) is 2.83. The average molecular weight is 469 g/mol. The highest BCUT2D eigenvalue weighted by Gasteiger charge is 2.59. The fraction of sp³-hybridized carbons (Fsp3) is 0.296. The van der Waals surface area contributed by atoms with Crippen LogP contribution in [-0.4, -0.2) is 29.1 Å². The first-order valence-corrected chi connectivity index (χ1v) is 12.1. The second kappa shape index (κ2) is 7.73. The van der Waals surface area contributed by atoms with E-state index in [1.54, 1.807) is 6.20 Å². The summed E-state index contributed by atoms with van der Waals surface area (Å²) in [7, 11) is 0. The molecule has 0 spiro atoms. The lowest BCUT2D eigenvalue weighted by Crippen LogP contribution is -2.34. The van der Waals surface area contributed by atoms with E-state index in [-0.39, 0.29) is 30.0 Å². The number of carbonyl (C=O) groups excluding carboxylic acids is 2. The number of carbonyl (C=O) groups is 2. The predicted molar refractivity (Wildman–Crippen MR) is 129 cm³/mol. The lowest BCUT2D eigenvalue weighted by Gasteiger charge is -2.19. The number of hydrogen-bond acceptors (Lipinski definition) is 5. The summed E-state index contributed by atoms with van der Waals surface area (Å²) >= 11 is 0. The van der Waals surface area contributed by atoms with E-state index in [0.29, 0.717) is 30.2 Å². The number of urea groups is 1. The van der Waals surface area contributed by atoms with E-state index < -0.39 is 0 Å². The Morgan fingerprint density at radius 1 is 1.06 bits per heavy atom. The fourth-order valence-corrected chi connectivity index (χ4v) is 5.52. The van der Waals surface area contributed by atoms with Gasteiger partial charge in [0.1, 0.15) is 29.2 Å². The van der Waals surface area contributed by atoms with Gasteiger partial charge in [0.05, 0.1) is 12.0 Å². The van der Waals surface area contributed by atoms with Crippen molar-refractivity contribution in [2.75, 3.05) is 10.6 Å².